The van der Waals surface area contributed by atoms with Crippen molar-refractivity contribution in [3.05, 3.63) is 0 Å². The largest absolute Gasteiger partial charge is 0.343 e. The average molecular weight is 234 g/mol. The van der Waals surface area contributed by atoms with Gasteiger partial charge in [-0.1, -0.05) is 0 Å². The van der Waals surface area contributed by atoms with Crippen LogP contribution in [-0.4, -0.2) is 47.3 Å². The molecule has 0 bridgehead atoms. The van der Waals surface area contributed by atoms with Crippen LogP contribution in [0.4, 0.5) is 0 Å². The van der Waals surface area contributed by atoms with Crippen molar-refractivity contribution in [3.63, 3.8) is 0 Å². The van der Waals surface area contributed by atoms with Crippen molar-refractivity contribution in [1.82, 2.24) is 9.80 Å². The van der Waals surface area contributed by atoms with E-state index in [0.717, 1.165) is 25.9 Å². The summed E-state index contributed by atoms with van der Waals surface area (Å²) in [5.74, 6) is 3.04. The number of carbonyl (C=O) groups excluding carboxylic acids is 2. The second-order valence-electron chi connectivity index (χ2n) is 4.85. The van der Waals surface area contributed by atoms with Crippen molar-refractivity contribution in [3.8, 4) is 12.3 Å². The van der Waals surface area contributed by atoms with E-state index in [4.69, 9.17) is 6.42 Å². The number of terminal acetylenes is 1. The van der Waals surface area contributed by atoms with Gasteiger partial charge in [0, 0.05) is 44.9 Å². The summed E-state index contributed by atoms with van der Waals surface area (Å²) in [4.78, 5) is 26.8. The van der Waals surface area contributed by atoms with Crippen molar-refractivity contribution in [2.24, 2.45) is 5.92 Å². The van der Waals surface area contributed by atoms with Gasteiger partial charge in [-0.25, -0.2) is 0 Å². The van der Waals surface area contributed by atoms with Crippen molar-refractivity contribution in [2.45, 2.75) is 32.2 Å². The lowest BCUT2D eigenvalue weighted by molar-refractivity contribution is -0.133. The highest BCUT2D eigenvalue weighted by Gasteiger charge is 2.35. The van der Waals surface area contributed by atoms with Gasteiger partial charge >= 0.3 is 0 Å². The topological polar surface area (TPSA) is 40.6 Å². The number of hydrogen-bond acceptors (Lipinski definition) is 2. The lowest BCUT2D eigenvalue weighted by Gasteiger charge is -2.36. The predicted octanol–water partition coefficient (Wildman–Crippen LogP) is 0.479. The van der Waals surface area contributed by atoms with Crippen LogP contribution in [-0.2, 0) is 9.59 Å². The Labute approximate surface area is 102 Å². The molecule has 2 fully saturated rings. The summed E-state index contributed by atoms with van der Waals surface area (Å²) in [5, 5.41) is 0. The third-order valence-electron chi connectivity index (χ3n) is 3.74. The summed E-state index contributed by atoms with van der Waals surface area (Å²) in [6.45, 7) is 3.80. The molecule has 0 saturated carbocycles. The van der Waals surface area contributed by atoms with Crippen LogP contribution in [0.25, 0.3) is 0 Å². The minimum atomic E-state index is 0.0772. The van der Waals surface area contributed by atoms with Crippen LogP contribution >= 0.6 is 0 Å². The first-order chi connectivity index (χ1) is 8.11. The van der Waals surface area contributed by atoms with Crippen LogP contribution in [0.5, 0.6) is 0 Å². The molecular weight excluding hydrogens is 216 g/mol. The van der Waals surface area contributed by atoms with E-state index in [1.54, 1.807) is 6.92 Å². The molecule has 0 aliphatic carbocycles. The molecule has 2 rings (SSSR count). The summed E-state index contributed by atoms with van der Waals surface area (Å²) in [7, 11) is 0. The molecule has 2 aliphatic rings. The molecule has 2 heterocycles. The van der Waals surface area contributed by atoms with Gasteiger partial charge in [0.05, 0.1) is 0 Å². The lowest BCUT2D eigenvalue weighted by Crippen LogP contribution is -2.46. The molecule has 0 N–H and O–H groups in total. The number of rotatable bonds is 1. The SMILES string of the molecule is C#CC1CC(=O)N(C2CCN(C(C)=O)CC2)C1. The maximum atomic E-state index is 11.8. The molecule has 0 spiro atoms. The Hall–Kier alpha value is -1.50. The Bertz CT molecular complexity index is 364. The number of amides is 2. The van der Waals surface area contributed by atoms with Crippen LogP contribution in [0.3, 0.4) is 0 Å². The molecule has 17 heavy (non-hydrogen) atoms. The van der Waals surface area contributed by atoms with E-state index >= 15 is 0 Å². The minimum absolute atomic E-state index is 0.0772. The van der Waals surface area contributed by atoms with Gasteiger partial charge in [0.15, 0.2) is 0 Å². The number of carbonyl (C=O) groups is 2. The standard InChI is InChI=1S/C13H18N2O2/c1-3-11-8-13(17)15(9-11)12-4-6-14(7-5-12)10(2)16/h1,11-12H,4-9H2,2H3. The van der Waals surface area contributed by atoms with Crippen molar-refractivity contribution in [2.75, 3.05) is 19.6 Å². The van der Waals surface area contributed by atoms with E-state index in [1.165, 1.54) is 0 Å². The zero-order valence-electron chi connectivity index (χ0n) is 10.2. The van der Waals surface area contributed by atoms with Gasteiger partial charge in [0.25, 0.3) is 0 Å². The third kappa shape index (κ3) is 2.44. The van der Waals surface area contributed by atoms with Gasteiger partial charge in [-0.3, -0.25) is 9.59 Å². The smallest absolute Gasteiger partial charge is 0.224 e. The molecule has 1 atom stereocenters. The van der Waals surface area contributed by atoms with Crippen LogP contribution in [0.15, 0.2) is 0 Å². The normalized spacial score (nSPS) is 26.1. The predicted molar refractivity (Wildman–Crippen MR) is 63.9 cm³/mol. The molecule has 0 aromatic heterocycles. The first kappa shape index (κ1) is 12.0. The van der Waals surface area contributed by atoms with Gasteiger partial charge in [-0.15, -0.1) is 12.3 Å². The molecule has 0 aromatic rings. The van der Waals surface area contributed by atoms with Gasteiger partial charge in [-0.05, 0) is 12.8 Å². The maximum Gasteiger partial charge on any atom is 0.224 e. The highest BCUT2D eigenvalue weighted by atomic mass is 16.2. The second kappa shape index (κ2) is 4.79. The van der Waals surface area contributed by atoms with Crippen LogP contribution in [0.2, 0.25) is 0 Å². The van der Waals surface area contributed by atoms with Crippen LogP contribution in [0.1, 0.15) is 26.2 Å². The number of likely N-dealkylation sites (tertiary alicyclic amines) is 2. The van der Waals surface area contributed by atoms with Gasteiger partial charge < -0.3 is 9.80 Å². The van der Waals surface area contributed by atoms with E-state index < -0.39 is 0 Å². The van der Waals surface area contributed by atoms with E-state index in [9.17, 15) is 9.59 Å². The van der Waals surface area contributed by atoms with Crippen molar-refractivity contribution >= 4 is 11.8 Å². The molecule has 0 aromatic carbocycles. The molecule has 0 radical (unpaired) electrons. The van der Waals surface area contributed by atoms with E-state index in [0.29, 0.717) is 13.0 Å². The highest BCUT2D eigenvalue weighted by Crippen LogP contribution is 2.25. The van der Waals surface area contributed by atoms with Crippen LogP contribution in [0, 0.1) is 18.3 Å². The quantitative estimate of drug-likeness (QED) is 0.619. The Morgan fingerprint density at radius 1 is 1.41 bits per heavy atom. The Balaban J connectivity index is 1.91. The molecule has 92 valence electrons. The summed E-state index contributed by atoms with van der Waals surface area (Å²) in [6.07, 6.45) is 7.61. The zero-order chi connectivity index (χ0) is 12.4. The number of hydrogen-bond donors (Lipinski definition) is 0. The fraction of sp³-hybridized carbons (Fsp3) is 0.692. The average Bonchev–Trinajstić information content (AvgIpc) is 2.71. The molecule has 2 amide bonds. The van der Waals surface area contributed by atoms with E-state index in [1.807, 2.05) is 9.80 Å². The van der Waals surface area contributed by atoms with E-state index in [-0.39, 0.29) is 23.8 Å². The molecule has 4 heteroatoms. The van der Waals surface area contributed by atoms with Gasteiger partial charge in [0.1, 0.15) is 0 Å². The Kier molecular flexibility index (Phi) is 3.37. The first-order valence-electron chi connectivity index (χ1n) is 6.13. The summed E-state index contributed by atoms with van der Waals surface area (Å²) >= 11 is 0. The van der Waals surface area contributed by atoms with Crippen molar-refractivity contribution < 1.29 is 9.59 Å². The second-order valence-corrected chi connectivity index (χ2v) is 4.85. The molecule has 1 unspecified atom stereocenters. The highest BCUT2D eigenvalue weighted by molar-refractivity contribution is 5.79. The van der Waals surface area contributed by atoms with Gasteiger partial charge in [0.2, 0.25) is 11.8 Å². The van der Waals surface area contributed by atoms with E-state index in [2.05, 4.69) is 5.92 Å². The zero-order valence-corrected chi connectivity index (χ0v) is 10.2. The summed E-state index contributed by atoms with van der Waals surface area (Å²) in [5.41, 5.74) is 0. The third-order valence-corrected chi connectivity index (χ3v) is 3.74. The Morgan fingerprint density at radius 3 is 2.53 bits per heavy atom. The molecule has 2 aliphatic heterocycles. The minimum Gasteiger partial charge on any atom is -0.343 e. The fourth-order valence-electron chi connectivity index (χ4n) is 2.69. The maximum absolute atomic E-state index is 11.8. The monoisotopic (exact) mass is 234 g/mol. The van der Waals surface area contributed by atoms with Crippen molar-refractivity contribution in [1.29, 1.82) is 0 Å². The number of piperidine rings is 1. The number of nitrogens with zero attached hydrogens (tertiary/aromatic N) is 2. The first-order valence-corrected chi connectivity index (χ1v) is 6.13. The summed E-state index contributed by atoms with van der Waals surface area (Å²) in [6, 6.07) is 0.274. The lowest BCUT2D eigenvalue weighted by atomic mass is 10.0. The summed E-state index contributed by atoms with van der Waals surface area (Å²) < 4.78 is 0. The Morgan fingerprint density at radius 2 is 2.06 bits per heavy atom. The molecular formula is C13H18N2O2. The van der Waals surface area contributed by atoms with Gasteiger partial charge in [-0.2, -0.15) is 0 Å². The molecule has 4 nitrogen and oxygen atoms in total. The van der Waals surface area contributed by atoms with Crippen LogP contribution < -0.4 is 0 Å². The molecule has 2 saturated heterocycles. The fourth-order valence-corrected chi connectivity index (χ4v) is 2.69.